The number of benzene rings is 1. The third-order valence-corrected chi connectivity index (χ3v) is 2.04. The number of amides is 1. The fourth-order valence-corrected chi connectivity index (χ4v) is 1.16. The lowest BCUT2D eigenvalue weighted by Crippen LogP contribution is -2.29. The molecule has 4 heteroatoms. The molecule has 0 radical (unpaired) electrons. The molecule has 1 aromatic carbocycles. The van der Waals surface area contributed by atoms with Crippen LogP contribution >= 0.6 is 0 Å². The van der Waals surface area contributed by atoms with Crippen LogP contribution in [0.15, 0.2) is 30.8 Å². The van der Waals surface area contributed by atoms with Gasteiger partial charge < -0.3 is 10.4 Å². The lowest BCUT2D eigenvalue weighted by atomic mass is 10.1. The van der Waals surface area contributed by atoms with Gasteiger partial charge in [0.25, 0.3) is 5.91 Å². The summed E-state index contributed by atoms with van der Waals surface area (Å²) in [6.45, 7) is 5.28. The SMILES string of the molecule is C=C(C)c1ccc(C(=O)NCC(=O)O)cc1. The largest absolute Gasteiger partial charge is 0.480 e. The summed E-state index contributed by atoms with van der Waals surface area (Å²) < 4.78 is 0. The van der Waals surface area contributed by atoms with Gasteiger partial charge in [-0.2, -0.15) is 0 Å². The van der Waals surface area contributed by atoms with Crippen molar-refractivity contribution in [2.24, 2.45) is 0 Å². The molecule has 84 valence electrons. The van der Waals surface area contributed by atoms with Crippen LogP contribution in [0.1, 0.15) is 22.8 Å². The molecular formula is C12H13NO3. The highest BCUT2D eigenvalue weighted by molar-refractivity contribution is 5.96. The van der Waals surface area contributed by atoms with Crippen molar-refractivity contribution in [3.8, 4) is 0 Å². The van der Waals surface area contributed by atoms with Crippen molar-refractivity contribution in [2.75, 3.05) is 6.54 Å². The Morgan fingerprint density at radius 2 is 1.75 bits per heavy atom. The Balaban J connectivity index is 2.70. The Morgan fingerprint density at radius 1 is 1.25 bits per heavy atom. The summed E-state index contributed by atoms with van der Waals surface area (Å²) >= 11 is 0. The van der Waals surface area contributed by atoms with E-state index in [1.165, 1.54) is 0 Å². The van der Waals surface area contributed by atoms with Crippen LogP contribution < -0.4 is 5.32 Å². The van der Waals surface area contributed by atoms with E-state index in [2.05, 4.69) is 11.9 Å². The zero-order chi connectivity index (χ0) is 12.1. The molecule has 0 aliphatic heterocycles. The minimum atomic E-state index is -1.06. The summed E-state index contributed by atoms with van der Waals surface area (Å²) in [6.07, 6.45) is 0. The van der Waals surface area contributed by atoms with Crippen LogP contribution in [0.4, 0.5) is 0 Å². The highest BCUT2D eigenvalue weighted by atomic mass is 16.4. The molecule has 2 N–H and O–H groups in total. The second-order valence-electron chi connectivity index (χ2n) is 3.43. The van der Waals surface area contributed by atoms with Crippen molar-refractivity contribution in [1.82, 2.24) is 5.32 Å². The van der Waals surface area contributed by atoms with Gasteiger partial charge in [0.15, 0.2) is 0 Å². The highest BCUT2D eigenvalue weighted by Crippen LogP contribution is 2.12. The normalized spacial score (nSPS) is 9.56. The first-order valence-corrected chi connectivity index (χ1v) is 4.76. The molecule has 0 aromatic heterocycles. The summed E-state index contributed by atoms with van der Waals surface area (Å²) in [5.74, 6) is -1.46. The maximum Gasteiger partial charge on any atom is 0.322 e. The van der Waals surface area contributed by atoms with E-state index in [4.69, 9.17) is 5.11 Å². The summed E-state index contributed by atoms with van der Waals surface area (Å²) in [5.41, 5.74) is 2.30. The van der Waals surface area contributed by atoms with Crippen LogP contribution in [0.5, 0.6) is 0 Å². The predicted molar refractivity (Wildman–Crippen MR) is 61.1 cm³/mol. The highest BCUT2D eigenvalue weighted by Gasteiger charge is 2.06. The Kier molecular flexibility index (Phi) is 3.83. The van der Waals surface area contributed by atoms with Gasteiger partial charge in [-0.3, -0.25) is 9.59 Å². The fraction of sp³-hybridized carbons (Fsp3) is 0.167. The number of carboxylic acid groups (broad SMARTS) is 1. The molecule has 1 rings (SSSR count). The van der Waals surface area contributed by atoms with E-state index >= 15 is 0 Å². The van der Waals surface area contributed by atoms with E-state index in [-0.39, 0.29) is 6.54 Å². The van der Waals surface area contributed by atoms with Crippen molar-refractivity contribution < 1.29 is 14.7 Å². The Morgan fingerprint density at radius 3 is 2.19 bits per heavy atom. The molecule has 0 saturated carbocycles. The number of carboxylic acids is 1. The lowest BCUT2D eigenvalue weighted by Gasteiger charge is -2.04. The van der Waals surface area contributed by atoms with Crippen molar-refractivity contribution in [3.05, 3.63) is 42.0 Å². The number of carbonyl (C=O) groups is 2. The number of rotatable bonds is 4. The molecule has 1 amide bonds. The standard InChI is InChI=1S/C12H13NO3/c1-8(2)9-3-5-10(6-4-9)12(16)13-7-11(14)15/h3-6H,1,7H2,2H3,(H,13,16)(H,14,15). The topological polar surface area (TPSA) is 66.4 Å². The minimum absolute atomic E-state index is 0.374. The van der Waals surface area contributed by atoms with Crippen LogP contribution in [0.3, 0.4) is 0 Å². The molecule has 0 aliphatic rings. The van der Waals surface area contributed by atoms with Crippen LogP contribution in [0, 0.1) is 0 Å². The lowest BCUT2D eigenvalue weighted by molar-refractivity contribution is -0.135. The van der Waals surface area contributed by atoms with Gasteiger partial charge in [-0.1, -0.05) is 24.3 Å². The minimum Gasteiger partial charge on any atom is -0.480 e. The molecule has 4 nitrogen and oxygen atoms in total. The molecular weight excluding hydrogens is 206 g/mol. The van der Waals surface area contributed by atoms with Crippen LogP contribution in [0.25, 0.3) is 5.57 Å². The number of aliphatic carboxylic acids is 1. The Hall–Kier alpha value is -2.10. The maximum atomic E-state index is 11.4. The number of nitrogens with one attached hydrogen (secondary N) is 1. The Bertz CT molecular complexity index is 420. The summed E-state index contributed by atoms with van der Waals surface area (Å²) in [6, 6.07) is 6.83. The van der Waals surface area contributed by atoms with Gasteiger partial charge in [-0.05, 0) is 24.6 Å². The Labute approximate surface area is 93.6 Å². The summed E-state index contributed by atoms with van der Waals surface area (Å²) in [5, 5.41) is 10.7. The molecule has 1 aromatic rings. The molecule has 16 heavy (non-hydrogen) atoms. The van der Waals surface area contributed by atoms with Gasteiger partial charge in [0.2, 0.25) is 0 Å². The second kappa shape index (κ2) is 5.11. The second-order valence-corrected chi connectivity index (χ2v) is 3.43. The number of allylic oxidation sites excluding steroid dienone is 1. The van der Waals surface area contributed by atoms with Gasteiger partial charge >= 0.3 is 5.97 Å². The quantitative estimate of drug-likeness (QED) is 0.807. The van der Waals surface area contributed by atoms with Gasteiger partial charge in [-0.25, -0.2) is 0 Å². The van der Waals surface area contributed by atoms with E-state index in [9.17, 15) is 9.59 Å². The molecule has 0 spiro atoms. The first-order chi connectivity index (χ1) is 7.50. The fourth-order valence-electron chi connectivity index (χ4n) is 1.16. The van der Waals surface area contributed by atoms with Gasteiger partial charge in [0, 0.05) is 5.56 Å². The van der Waals surface area contributed by atoms with Gasteiger partial charge in [-0.15, -0.1) is 0 Å². The molecule has 0 unspecified atom stereocenters. The summed E-state index contributed by atoms with van der Waals surface area (Å²) in [7, 11) is 0. The number of hydrogen-bond donors (Lipinski definition) is 2. The third kappa shape index (κ3) is 3.24. The molecule has 0 saturated heterocycles. The van der Waals surface area contributed by atoms with E-state index in [1.807, 2.05) is 6.92 Å². The van der Waals surface area contributed by atoms with Crippen molar-refractivity contribution in [2.45, 2.75) is 6.92 Å². The molecule has 0 atom stereocenters. The molecule has 0 bridgehead atoms. The average Bonchev–Trinajstić information content (AvgIpc) is 2.26. The number of carbonyl (C=O) groups excluding carboxylic acids is 1. The van der Waals surface area contributed by atoms with E-state index in [1.54, 1.807) is 24.3 Å². The van der Waals surface area contributed by atoms with Crippen LogP contribution in [0.2, 0.25) is 0 Å². The third-order valence-electron chi connectivity index (χ3n) is 2.04. The molecule has 0 fully saturated rings. The van der Waals surface area contributed by atoms with Gasteiger partial charge in [0.1, 0.15) is 6.54 Å². The van der Waals surface area contributed by atoms with Crippen molar-refractivity contribution in [1.29, 1.82) is 0 Å². The number of hydrogen-bond acceptors (Lipinski definition) is 2. The summed E-state index contributed by atoms with van der Waals surface area (Å²) in [4.78, 5) is 21.7. The predicted octanol–water partition coefficient (Wildman–Crippen LogP) is 1.53. The van der Waals surface area contributed by atoms with Crippen molar-refractivity contribution in [3.63, 3.8) is 0 Å². The smallest absolute Gasteiger partial charge is 0.322 e. The van der Waals surface area contributed by atoms with E-state index in [0.29, 0.717) is 5.56 Å². The zero-order valence-electron chi connectivity index (χ0n) is 8.99. The zero-order valence-corrected chi connectivity index (χ0v) is 8.99. The first-order valence-electron chi connectivity index (χ1n) is 4.76. The van der Waals surface area contributed by atoms with E-state index < -0.39 is 11.9 Å². The first kappa shape index (κ1) is 12.0. The molecule has 0 heterocycles. The molecule has 0 aliphatic carbocycles. The van der Waals surface area contributed by atoms with Crippen LogP contribution in [-0.4, -0.2) is 23.5 Å². The van der Waals surface area contributed by atoms with Crippen molar-refractivity contribution >= 4 is 17.4 Å². The van der Waals surface area contributed by atoms with E-state index in [0.717, 1.165) is 11.1 Å². The van der Waals surface area contributed by atoms with Gasteiger partial charge in [0.05, 0.1) is 0 Å². The monoisotopic (exact) mass is 219 g/mol. The van der Waals surface area contributed by atoms with Crippen LogP contribution in [-0.2, 0) is 4.79 Å². The average molecular weight is 219 g/mol. The maximum absolute atomic E-state index is 11.4.